The minimum absolute atomic E-state index is 0.00391. The molecule has 0 saturated carbocycles. The van der Waals surface area contributed by atoms with Gasteiger partial charge in [0.1, 0.15) is 18.5 Å². The van der Waals surface area contributed by atoms with Crippen molar-refractivity contribution < 1.29 is 24.5 Å². The molecule has 0 saturated heterocycles. The van der Waals surface area contributed by atoms with Gasteiger partial charge in [-0.25, -0.2) is 4.79 Å². The molecule has 1 amide bonds. The lowest BCUT2D eigenvalue weighted by molar-refractivity contribution is 0.0665. The zero-order chi connectivity index (χ0) is 19.6. The van der Waals surface area contributed by atoms with Crippen molar-refractivity contribution in [1.82, 2.24) is 0 Å². The van der Waals surface area contributed by atoms with E-state index in [-0.39, 0.29) is 25.7 Å². The van der Waals surface area contributed by atoms with E-state index in [0.717, 1.165) is 10.0 Å². The minimum atomic E-state index is -0.575. The van der Waals surface area contributed by atoms with Gasteiger partial charge in [-0.3, -0.25) is 5.32 Å². The molecular formula is C20H24BrNO5. The molecule has 0 radical (unpaired) electrons. The van der Waals surface area contributed by atoms with Crippen molar-refractivity contribution in [3.05, 3.63) is 58.6 Å². The Morgan fingerprint density at radius 3 is 2.56 bits per heavy atom. The molecule has 2 rings (SSSR count). The van der Waals surface area contributed by atoms with Crippen LogP contribution in [0.3, 0.4) is 0 Å². The number of benzene rings is 2. The molecule has 0 aliphatic rings. The Morgan fingerprint density at radius 2 is 1.89 bits per heavy atom. The lowest BCUT2D eigenvalue weighted by Crippen LogP contribution is -2.22. The molecule has 0 spiro atoms. The fourth-order valence-corrected chi connectivity index (χ4v) is 2.87. The van der Waals surface area contributed by atoms with Gasteiger partial charge in [-0.2, -0.15) is 0 Å². The number of ether oxygens (including phenoxy) is 2. The molecule has 7 heteroatoms. The number of aliphatic hydroxyl groups excluding tert-OH is 2. The van der Waals surface area contributed by atoms with Gasteiger partial charge in [-0.15, -0.1) is 0 Å². The third-order valence-corrected chi connectivity index (χ3v) is 4.50. The van der Waals surface area contributed by atoms with Gasteiger partial charge in [0.15, 0.2) is 0 Å². The van der Waals surface area contributed by atoms with E-state index >= 15 is 0 Å². The second kappa shape index (κ2) is 10.9. The first-order valence-electron chi connectivity index (χ1n) is 8.71. The molecule has 0 aliphatic carbocycles. The summed E-state index contributed by atoms with van der Waals surface area (Å²) in [6.45, 7) is 2.01. The average Bonchev–Trinajstić information content (AvgIpc) is 2.66. The van der Waals surface area contributed by atoms with Crippen LogP contribution < -0.4 is 10.1 Å². The number of nitrogens with one attached hydrogen (secondary N) is 1. The van der Waals surface area contributed by atoms with Gasteiger partial charge < -0.3 is 19.7 Å². The quantitative estimate of drug-likeness (QED) is 0.548. The Bertz CT molecular complexity index is 723. The number of anilines is 1. The predicted molar refractivity (Wildman–Crippen MR) is 107 cm³/mol. The van der Waals surface area contributed by atoms with Crippen molar-refractivity contribution in [3.8, 4) is 5.75 Å². The smallest absolute Gasteiger partial charge is 0.412 e. The minimum Gasteiger partial charge on any atom is -0.491 e. The third-order valence-electron chi connectivity index (χ3n) is 3.97. The largest absolute Gasteiger partial charge is 0.491 e. The van der Waals surface area contributed by atoms with Gasteiger partial charge in [-0.05, 0) is 54.3 Å². The molecule has 146 valence electrons. The Labute approximate surface area is 167 Å². The molecule has 0 bridgehead atoms. The van der Waals surface area contributed by atoms with Crippen LogP contribution in [0.1, 0.15) is 25.0 Å². The van der Waals surface area contributed by atoms with Gasteiger partial charge in [0.25, 0.3) is 0 Å². The Balaban J connectivity index is 2.13. The number of halogens is 1. The molecular weight excluding hydrogens is 414 g/mol. The highest BCUT2D eigenvalue weighted by Crippen LogP contribution is 2.31. The van der Waals surface area contributed by atoms with E-state index in [1.54, 1.807) is 30.3 Å². The summed E-state index contributed by atoms with van der Waals surface area (Å²) in [6, 6.07) is 14.4. The van der Waals surface area contributed by atoms with Crippen molar-refractivity contribution in [2.24, 2.45) is 5.92 Å². The van der Waals surface area contributed by atoms with E-state index in [9.17, 15) is 9.90 Å². The number of hydrogen-bond donors (Lipinski definition) is 3. The van der Waals surface area contributed by atoms with Crippen LogP contribution in [0.4, 0.5) is 10.5 Å². The van der Waals surface area contributed by atoms with E-state index in [4.69, 9.17) is 14.6 Å². The summed E-state index contributed by atoms with van der Waals surface area (Å²) >= 11 is 3.35. The summed E-state index contributed by atoms with van der Waals surface area (Å²) in [5.74, 6) is 0.485. The maximum atomic E-state index is 12.4. The second-order valence-corrected chi connectivity index (χ2v) is 7.01. The SMILES string of the molecule is C[C@H](CCO)[C@H](OC(=O)Nc1ccc(Br)cc1)c1cccc(OCCO)c1. The Morgan fingerprint density at radius 1 is 1.15 bits per heavy atom. The van der Waals surface area contributed by atoms with Crippen molar-refractivity contribution in [3.63, 3.8) is 0 Å². The summed E-state index contributed by atoms with van der Waals surface area (Å²) in [7, 11) is 0. The van der Waals surface area contributed by atoms with Crippen LogP contribution in [-0.4, -0.2) is 36.1 Å². The highest BCUT2D eigenvalue weighted by Gasteiger charge is 2.24. The van der Waals surface area contributed by atoms with Gasteiger partial charge in [0.05, 0.1) is 6.61 Å². The third kappa shape index (κ3) is 6.86. The average molecular weight is 438 g/mol. The zero-order valence-electron chi connectivity index (χ0n) is 15.1. The van der Waals surface area contributed by atoms with Gasteiger partial charge in [0.2, 0.25) is 0 Å². The summed E-state index contributed by atoms with van der Waals surface area (Å²) in [5, 5.41) is 20.9. The number of rotatable bonds is 9. The van der Waals surface area contributed by atoms with Crippen molar-refractivity contribution in [1.29, 1.82) is 0 Å². The topological polar surface area (TPSA) is 88.0 Å². The maximum absolute atomic E-state index is 12.4. The predicted octanol–water partition coefficient (Wildman–Crippen LogP) is 4.13. The molecule has 0 aromatic heterocycles. The van der Waals surface area contributed by atoms with Gasteiger partial charge in [0, 0.05) is 16.8 Å². The van der Waals surface area contributed by atoms with E-state index in [0.29, 0.717) is 17.9 Å². The molecule has 2 aromatic carbocycles. The van der Waals surface area contributed by atoms with Crippen molar-refractivity contribution in [2.75, 3.05) is 25.1 Å². The summed E-state index contributed by atoms with van der Waals surface area (Å²) in [6.07, 6.45) is -0.642. The van der Waals surface area contributed by atoms with Gasteiger partial charge in [-0.1, -0.05) is 35.0 Å². The normalized spacial score (nSPS) is 12.9. The zero-order valence-corrected chi connectivity index (χ0v) is 16.7. The number of hydrogen-bond acceptors (Lipinski definition) is 5. The lowest BCUT2D eigenvalue weighted by Gasteiger charge is -2.24. The van der Waals surface area contributed by atoms with Crippen LogP contribution >= 0.6 is 15.9 Å². The van der Waals surface area contributed by atoms with E-state index in [1.807, 2.05) is 25.1 Å². The number of amides is 1. The monoisotopic (exact) mass is 437 g/mol. The second-order valence-electron chi connectivity index (χ2n) is 6.09. The molecule has 0 unspecified atom stereocenters. The molecule has 2 atom stereocenters. The first-order valence-corrected chi connectivity index (χ1v) is 9.50. The first kappa shape index (κ1) is 21.2. The summed E-state index contributed by atoms with van der Waals surface area (Å²) in [4.78, 5) is 12.4. The number of carbonyl (C=O) groups is 1. The van der Waals surface area contributed by atoms with Gasteiger partial charge >= 0.3 is 6.09 Å². The van der Waals surface area contributed by atoms with E-state index in [2.05, 4.69) is 21.2 Å². The number of aliphatic hydroxyl groups is 2. The Kier molecular flexibility index (Phi) is 8.57. The van der Waals surface area contributed by atoms with Crippen LogP contribution in [0.5, 0.6) is 5.75 Å². The fourth-order valence-electron chi connectivity index (χ4n) is 2.61. The van der Waals surface area contributed by atoms with Crippen molar-refractivity contribution >= 4 is 27.7 Å². The molecule has 27 heavy (non-hydrogen) atoms. The van der Waals surface area contributed by atoms with Crippen LogP contribution in [0.25, 0.3) is 0 Å². The summed E-state index contributed by atoms with van der Waals surface area (Å²) in [5.41, 5.74) is 1.38. The highest BCUT2D eigenvalue weighted by atomic mass is 79.9. The van der Waals surface area contributed by atoms with Crippen molar-refractivity contribution in [2.45, 2.75) is 19.4 Å². The van der Waals surface area contributed by atoms with Crippen LogP contribution in [0.2, 0.25) is 0 Å². The molecule has 0 aliphatic heterocycles. The molecule has 3 N–H and O–H groups in total. The van der Waals surface area contributed by atoms with E-state index < -0.39 is 12.2 Å². The molecule has 2 aromatic rings. The first-order chi connectivity index (χ1) is 13.0. The summed E-state index contributed by atoms with van der Waals surface area (Å²) < 4.78 is 12.0. The van der Waals surface area contributed by atoms with Crippen LogP contribution in [-0.2, 0) is 4.74 Å². The maximum Gasteiger partial charge on any atom is 0.412 e. The lowest BCUT2D eigenvalue weighted by atomic mass is 9.94. The van der Waals surface area contributed by atoms with Crippen LogP contribution in [0.15, 0.2) is 53.0 Å². The molecule has 6 nitrogen and oxygen atoms in total. The standard InChI is InChI=1S/C20H24BrNO5/c1-14(9-10-23)19(15-3-2-4-18(13-15)26-12-11-24)27-20(25)22-17-7-5-16(21)6-8-17/h2-8,13-14,19,23-24H,9-12H2,1H3,(H,22,25)/t14-,19+/m1/s1. The molecule has 0 heterocycles. The van der Waals surface area contributed by atoms with Crippen LogP contribution in [0, 0.1) is 5.92 Å². The fraction of sp³-hybridized carbons (Fsp3) is 0.350. The highest BCUT2D eigenvalue weighted by molar-refractivity contribution is 9.10. The number of carbonyl (C=O) groups excluding carboxylic acids is 1. The Hall–Kier alpha value is -2.09. The molecule has 0 fully saturated rings. The van der Waals surface area contributed by atoms with E-state index in [1.165, 1.54) is 0 Å².